The fraction of sp³-hybridized carbons (Fsp3) is 0.263. The smallest absolute Gasteiger partial charge is 0.239 e. The maximum atomic E-state index is 12.7. The molecule has 0 bridgehead atoms. The first-order valence-electron chi connectivity index (χ1n) is 8.70. The number of carbonyl (C=O) groups excluding carboxylic acids is 2. The molecule has 2 rings (SSSR count). The summed E-state index contributed by atoms with van der Waals surface area (Å²) < 4.78 is 26.5. The first kappa shape index (κ1) is 23.2. The van der Waals surface area contributed by atoms with Gasteiger partial charge in [-0.25, -0.2) is 8.42 Å². The lowest BCUT2D eigenvalue weighted by atomic mass is 10.2. The normalized spacial score (nSPS) is 11.3. The number of hydrogen-bond acceptors (Lipinski definition) is 4. The average molecular weight is 458 g/mol. The van der Waals surface area contributed by atoms with Gasteiger partial charge in [-0.1, -0.05) is 36.2 Å². The van der Waals surface area contributed by atoms with E-state index in [9.17, 15) is 18.0 Å². The molecule has 2 aromatic rings. The van der Waals surface area contributed by atoms with Crippen LogP contribution in [0.2, 0.25) is 10.0 Å². The molecule has 0 unspecified atom stereocenters. The lowest BCUT2D eigenvalue weighted by molar-refractivity contribution is -0.116. The van der Waals surface area contributed by atoms with Crippen LogP contribution in [0.15, 0.2) is 42.5 Å². The Morgan fingerprint density at radius 3 is 2.07 bits per heavy atom. The zero-order chi connectivity index (χ0) is 21.6. The van der Waals surface area contributed by atoms with Gasteiger partial charge in [0.15, 0.2) is 0 Å². The standard InChI is InChI=1S/C19H21Cl2N3O4S/c1-3-24(29(27,28)12-14-4-9-17(20)18(21)10-14)11-19(26)23-16-7-5-15(6-8-16)22-13(2)25/h4-10H,3,11-12H2,1-2H3,(H,22,25)(H,23,26). The molecule has 2 N–H and O–H groups in total. The number of carbonyl (C=O) groups is 2. The molecule has 0 saturated heterocycles. The minimum absolute atomic E-state index is 0.137. The van der Waals surface area contributed by atoms with Crippen molar-refractivity contribution in [3.05, 3.63) is 58.1 Å². The van der Waals surface area contributed by atoms with Crippen molar-refractivity contribution in [2.24, 2.45) is 0 Å². The molecule has 2 aromatic carbocycles. The van der Waals surface area contributed by atoms with Crippen LogP contribution < -0.4 is 10.6 Å². The molecule has 0 saturated carbocycles. The molecule has 0 heterocycles. The molecule has 0 aliphatic rings. The van der Waals surface area contributed by atoms with Crippen molar-refractivity contribution in [3.8, 4) is 0 Å². The van der Waals surface area contributed by atoms with Crippen LogP contribution in [0, 0.1) is 0 Å². The van der Waals surface area contributed by atoms with E-state index in [0.717, 1.165) is 4.31 Å². The Morgan fingerprint density at radius 2 is 1.55 bits per heavy atom. The number of sulfonamides is 1. The summed E-state index contributed by atoms with van der Waals surface area (Å²) in [5.74, 6) is -0.972. The lowest BCUT2D eigenvalue weighted by Gasteiger charge is -2.20. The molecule has 0 fully saturated rings. The van der Waals surface area contributed by atoms with Crippen molar-refractivity contribution in [2.75, 3.05) is 23.7 Å². The van der Waals surface area contributed by atoms with Crippen LogP contribution in [0.3, 0.4) is 0 Å². The number of amides is 2. The van der Waals surface area contributed by atoms with Gasteiger partial charge in [0.2, 0.25) is 21.8 Å². The molecule has 156 valence electrons. The van der Waals surface area contributed by atoms with Crippen LogP contribution in [-0.4, -0.2) is 37.6 Å². The van der Waals surface area contributed by atoms with Crippen LogP contribution in [0.4, 0.5) is 11.4 Å². The largest absolute Gasteiger partial charge is 0.326 e. The van der Waals surface area contributed by atoms with E-state index in [2.05, 4.69) is 10.6 Å². The third-order valence-corrected chi connectivity index (χ3v) is 6.50. The van der Waals surface area contributed by atoms with E-state index in [-0.39, 0.29) is 29.8 Å². The van der Waals surface area contributed by atoms with Crippen LogP contribution in [0.25, 0.3) is 0 Å². The Morgan fingerprint density at radius 1 is 0.966 bits per heavy atom. The second kappa shape index (κ2) is 10.1. The summed E-state index contributed by atoms with van der Waals surface area (Å²) in [5.41, 5.74) is 1.56. The predicted octanol–water partition coefficient (Wildman–Crippen LogP) is 3.74. The van der Waals surface area contributed by atoms with E-state index in [4.69, 9.17) is 23.2 Å². The molecule has 0 spiro atoms. The van der Waals surface area contributed by atoms with E-state index in [1.165, 1.54) is 19.1 Å². The number of halogens is 2. The monoisotopic (exact) mass is 457 g/mol. The third-order valence-electron chi connectivity index (χ3n) is 3.89. The first-order valence-corrected chi connectivity index (χ1v) is 11.1. The second-order valence-corrected chi connectivity index (χ2v) is 9.02. The predicted molar refractivity (Wildman–Crippen MR) is 116 cm³/mol. The Hall–Kier alpha value is -2.13. The van der Waals surface area contributed by atoms with E-state index in [1.807, 2.05) is 0 Å². The summed E-state index contributed by atoms with van der Waals surface area (Å²) in [6, 6.07) is 11.1. The number of hydrogen-bond donors (Lipinski definition) is 2. The zero-order valence-electron chi connectivity index (χ0n) is 15.9. The summed E-state index contributed by atoms with van der Waals surface area (Å²) in [6.07, 6.45) is 0. The fourth-order valence-electron chi connectivity index (χ4n) is 2.54. The molecule has 7 nitrogen and oxygen atoms in total. The van der Waals surface area contributed by atoms with Gasteiger partial charge in [-0.15, -0.1) is 0 Å². The van der Waals surface area contributed by atoms with E-state index >= 15 is 0 Å². The summed E-state index contributed by atoms with van der Waals surface area (Å²) >= 11 is 11.8. The number of rotatable bonds is 8. The SMILES string of the molecule is CCN(CC(=O)Nc1ccc(NC(C)=O)cc1)S(=O)(=O)Cc1ccc(Cl)c(Cl)c1. The Kier molecular flexibility index (Phi) is 8.04. The molecular weight excluding hydrogens is 437 g/mol. The van der Waals surface area contributed by atoms with E-state index in [0.29, 0.717) is 22.0 Å². The van der Waals surface area contributed by atoms with Gasteiger partial charge in [0, 0.05) is 24.8 Å². The third kappa shape index (κ3) is 7.01. The van der Waals surface area contributed by atoms with Crippen molar-refractivity contribution >= 4 is 56.4 Å². The van der Waals surface area contributed by atoms with Gasteiger partial charge < -0.3 is 10.6 Å². The van der Waals surface area contributed by atoms with Crippen LogP contribution in [-0.2, 0) is 25.4 Å². The van der Waals surface area contributed by atoms with Crippen LogP contribution in [0.5, 0.6) is 0 Å². The quantitative estimate of drug-likeness (QED) is 0.630. The van der Waals surface area contributed by atoms with Gasteiger partial charge in [-0.2, -0.15) is 4.31 Å². The molecule has 0 aliphatic heterocycles. The fourth-order valence-corrected chi connectivity index (χ4v) is 4.35. The van der Waals surface area contributed by atoms with Gasteiger partial charge in [0.25, 0.3) is 0 Å². The molecule has 29 heavy (non-hydrogen) atoms. The van der Waals surface area contributed by atoms with Crippen molar-refractivity contribution < 1.29 is 18.0 Å². The molecule has 0 radical (unpaired) electrons. The second-order valence-electron chi connectivity index (χ2n) is 6.24. The van der Waals surface area contributed by atoms with Gasteiger partial charge in [0.1, 0.15) is 0 Å². The number of nitrogens with one attached hydrogen (secondary N) is 2. The molecule has 10 heteroatoms. The Bertz CT molecular complexity index is 995. The van der Waals surface area contributed by atoms with Gasteiger partial charge in [-0.05, 0) is 42.0 Å². The highest BCUT2D eigenvalue weighted by Crippen LogP contribution is 2.24. The summed E-state index contributed by atoms with van der Waals surface area (Å²) in [7, 11) is -3.74. The average Bonchev–Trinajstić information content (AvgIpc) is 2.63. The maximum Gasteiger partial charge on any atom is 0.239 e. The molecule has 0 aliphatic carbocycles. The van der Waals surface area contributed by atoms with Crippen molar-refractivity contribution in [2.45, 2.75) is 19.6 Å². The van der Waals surface area contributed by atoms with Crippen molar-refractivity contribution in [1.29, 1.82) is 0 Å². The highest BCUT2D eigenvalue weighted by molar-refractivity contribution is 7.88. The highest BCUT2D eigenvalue weighted by atomic mass is 35.5. The number of nitrogens with zero attached hydrogens (tertiary/aromatic N) is 1. The minimum Gasteiger partial charge on any atom is -0.326 e. The minimum atomic E-state index is -3.74. The van der Waals surface area contributed by atoms with E-state index < -0.39 is 15.9 Å². The van der Waals surface area contributed by atoms with Gasteiger partial charge >= 0.3 is 0 Å². The topological polar surface area (TPSA) is 95.6 Å². The van der Waals surface area contributed by atoms with Crippen molar-refractivity contribution in [1.82, 2.24) is 4.31 Å². The summed E-state index contributed by atoms with van der Waals surface area (Å²) in [5, 5.41) is 5.87. The molecule has 0 atom stereocenters. The van der Waals surface area contributed by atoms with E-state index in [1.54, 1.807) is 37.3 Å². The number of benzene rings is 2. The first-order chi connectivity index (χ1) is 13.6. The van der Waals surface area contributed by atoms with Gasteiger partial charge in [-0.3, -0.25) is 9.59 Å². The Balaban J connectivity index is 2.02. The number of likely N-dealkylation sites (N-methyl/N-ethyl adjacent to an activating group) is 1. The van der Waals surface area contributed by atoms with Crippen molar-refractivity contribution in [3.63, 3.8) is 0 Å². The van der Waals surface area contributed by atoms with Gasteiger partial charge in [0.05, 0.1) is 22.3 Å². The number of anilines is 2. The highest BCUT2D eigenvalue weighted by Gasteiger charge is 2.24. The molecule has 0 aromatic heterocycles. The lowest BCUT2D eigenvalue weighted by Crippen LogP contribution is -2.38. The summed E-state index contributed by atoms with van der Waals surface area (Å²) in [4.78, 5) is 23.4. The maximum absolute atomic E-state index is 12.7. The van der Waals surface area contributed by atoms with Crippen LogP contribution >= 0.6 is 23.2 Å². The molecular formula is C19H21Cl2N3O4S. The zero-order valence-corrected chi connectivity index (χ0v) is 18.2. The Labute approximate surface area is 180 Å². The molecule has 2 amide bonds. The van der Waals surface area contributed by atoms with Crippen LogP contribution in [0.1, 0.15) is 19.4 Å². The summed E-state index contributed by atoms with van der Waals surface area (Å²) in [6.45, 7) is 2.86.